The smallest absolute Gasteiger partial charge is 0.0342 e. The molecule has 0 heterocycles. The molecule has 3 nitrogen and oxygen atoms in total. The summed E-state index contributed by atoms with van der Waals surface area (Å²) < 4.78 is 0. The van der Waals surface area contributed by atoms with Gasteiger partial charge in [0.2, 0.25) is 0 Å². The molecule has 0 spiro atoms. The Hall–Kier alpha value is -1.06. The van der Waals surface area contributed by atoms with Gasteiger partial charge in [-0.2, -0.15) is 0 Å². The molecule has 0 radical (unpaired) electrons. The number of hydrogen-bond acceptors (Lipinski definition) is 3. The number of para-hydroxylation sites is 1. The van der Waals surface area contributed by atoms with Gasteiger partial charge in [0.15, 0.2) is 0 Å². The third kappa shape index (κ3) is 4.02. The van der Waals surface area contributed by atoms with Crippen molar-refractivity contribution in [2.24, 2.45) is 23.3 Å². The minimum atomic E-state index is 0.424. The van der Waals surface area contributed by atoms with E-state index >= 15 is 0 Å². The summed E-state index contributed by atoms with van der Waals surface area (Å²) in [4.78, 5) is 0. The van der Waals surface area contributed by atoms with Crippen molar-refractivity contribution in [1.29, 1.82) is 0 Å². The van der Waals surface area contributed by atoms with Crippen molar-refractivity contribution >= 4 is 5.69 Å². The van der Waals surface area contributed by atoms with Crippen molar-refractivity contribution < 1.29 is 0 Å². The maximum atomic E-state index is 6.11. The molecule has 0 aromatic heterocycles. The molecule has 2 saturated carbocycles. The van der Waals surface area contributed by atoms with Crippen LogP contribution in [0.15, 0.2) is 30.3 Å². The van der Waals surface area contributed by atoms with Crippen LogP contribution in [0.1, 0.15) is 51.4 Å². The maximum Gasteiger partial charge on any atom is 0.0342 e. The first kappa shape index (κ1) is 15.8. The highest BCUT2D eigenvalue weighted by Gasteiger charge is 2.33. The first-order chi connectivity index (χ1) is 10.7. The molecule has 3 heteroatoms. The number of nitrogens with one attached hydrogen (secondary N) is 1. The van der Waals surface area contributed by atoms with E-state index in [1.54, 1.807) is 0 Å². The quantitative estimate of drug-likeness (QED) is 0.797. The Balaban J connectivity index is 1.70. The molecule has 0 saturated heterocycles. The fraction of sp³-hybridized carbons (Fsp3) is 0.684. The topological polar surface area (TPSA) is 64.1 Å². The van der Waals surface area contributed by atoms with E-state index in [0.717, 1.165) is 11.8 Å². The largest absolute Gasteiger partial charge is 0.382 e. The molecule has 1 aromatic carbocycles. The van der Waals surface area contributed by atoms with Crippen LogP contribution in [-0.2, 0) is 0 Å². The molecule has 2 aliphatic rings. The fourth-order valence-electron chi connectivity index (χ4n) is 4.36. The lowest BCUT2D eigenvalue weighted by Crippen LogP contribution is -2.43. The lowest BCUT2D eigenvalue weighted by Gasteiger charge is -2.40. The Morgan fingerprint density at radius 2 is 1.18 bits per heavy atom. The number of rotatable bonds is 4. The summed E-state index contributed by atoms with van der Waals surface area (Å²) in [5.41, 5.74) is 13.5. The average Bonchev–Trinajstić information content (AvgIpc) is 2.56. The van der Waals surface area contributed by atoms with Gasteiger partial charge in [-0.1, -0.05) is 18.2 Å². The van der Waals surface area contributed by atoms with Crippen LogP contribution < -0.4 is 16.8 Å². The molecule has 122 valence electrons. The minimum Gasteiger partial charge on any atom is -0.382 e. The van der Waals surface area contributed by atoms with Crippen LogP contribution in [0, 0.1) is 11.8 Å². The number of hydrogen-bond donors (Lipinski definition) is 3. The van der Waals surface area contributed by atoms with Crippen molar-refractivity contribution in [3.8, 4) is 0 Å². The SMILES string of the molecule is NC1CCC(C(Nc2ccccc2)C2CCC(N)CC2)CC1. The first-order valence-corrected chi connectivity index (χ1v) is 9.05. The van der Waals surface area contributed by atoms with E-state index in [-0.39, 0.29) is 0 Å². The molecule has 0 atom stereocenters. The monoisotopic (exact) mass is 301 g/mol. The molecule has 22 heavy (non-hydrogen) atoms. The van der Waals surface area contributed by atoms with Crippen LogP contribution in [0.5, 0.6) is 0 Å². The average molecular weight is 301 g/mol. The van der Waals surface area contributed by atoms with Gasteiger partial charge in [-0.15, -0.1) is 0 Å². The van der Waals surface area contributed by atoms with Crippen molar-refractivity contribution in [1.82, 2.24) is 0 Å². The van der Waals surface area contributed by atoms with Gasteiger partial charge in [-0.3, -0.25) is 0 Å². The third-order valence-corrected chi connectivity index (χ3v) is 5.76. The second kappa shape index (κ2) is 7.47. The number of nitrogens with two attached hydrogens (primary N) is 2. The highest BCUT2D eigenvalue weighted by atomic mass is 14.9. The zero-order valence-electron chi connectivity index (χ0n) is 13.6. The summed E-state index contributed by atoms with van der Waals surface area (Å²) in [6.45, 7) is 0. The fourth-order valence-corrected chi connectivity index (χ4v) is 4.36. The second-order valence-electron chi connectivity index (χ2n) is 7.39. The van der Waals surface area contributed by atoms with Crippen LogP contribution in [0.2, 0.25) is 0 Å². The molecule has 0 aliphatic heterocycles. The molecular weight excluding hydrogens is 270 g/mol. The van der Waals surface area contributed by atoms with E-state index in [1.165, 1.54) is 57.1 Å². The molecule has 2 fully saturated rings. The van der Waals surface area contributed by atoms with Crippen LogP contribution in [0.25, 0.3) is 0 Å². The van der Waals surface area contributed by atoms with Gasteiger partial charge in [0.25, 0.3) is 0 Å². The summed E-state index contributed by atoms with van der Waals surface area (Å²) in [6.07, 6.45) is 9.83. The molecule has 0 unspecified atom stereocenters. The number of benzene rings is 1. The van der Waals surface area contributed by atoms with E-state index in [0.29, 0.717) is 18.1 Å². The van der Waals surface area contributed by atoms with E-state index in [1.807, 2.05) is 0 Å². The van der Waals surface area contributed by atoms with E-state index in [4.69, 9.17) is 11.5 Å². The predicted octanol–water partition coefficient (Wildman–Crippen LogP) is 3.50. The van der Waals surface area contributed by atoms with Crippen LogP contribution in [0.4, 0.5) is 5.69 Å². The molecule has 0 amide bonds. The Morgan fingerprint density at radius 1 is 0.727 bits per heavy atom. The maximum absolute atomic E-state index is 6.11. The minimum absolute atomic E-state index is 0.424. The third-order valence-electron chi connectivity index (χ3n) is 5.76. The summed E-state index contributed by atoms with van der Waals surface area (Å²) in [6, 6.07) is 12.1. The molecular formula is C19H31N3. The van der Waals surface area contributed by atoms with Crippen LogP contribution >= 0.6 is 0 Å². The summed E-state index contributed by atoms with van der Waals surface area (Å²) in [5.74, 6) is 1.53. The van der Waals surface area contributed by atoms with Crippen molar-refractivity contribution in [3.63, 3.8) is 0 Å². The zero-order valence-corrected chi connectivity index (χ0v) is 13.6. The highest BCUT2D eigenvalue weighted by molar-refractivity contribution is 5.43. The first-order valence-electron chi connectivity index (χ1n) is 9.05. The lowest BCUT2D eigenvalue weighted by molar-refractivity contribution is 0.202. The van der Waals surface area contributed by atoms with E-state index < -0.39 is 0 Å². The van der Waals surface area contributed by atoms with Gasteiger partial charge in [0.1, 0.15) is 0 Å². The van der Waals surface area contributed by atoms with Gasteiger partial charge in [0.05, 0.1) is 0 Å². The molecule has 2 aliphatic carbocycles. The molecule has 1 aromatic rings. The standard InChI is InChI=1S/C19H31N3/c20-16-10-6-14(7-11-16)19(15-8-12-17(21)13-9-15)22-18-4-2-1-3-5-18/h1-5,14-17,19,22H,6-13,20-21H2. The predicted molar refractivity (Wildman–Crippen MR) is 93.7 cm³/mol. The van der Waals surface area contributed by atoms with Crippen molar-refractivity contribution in [2.45, 2.75) is 69.5 Å². The van der Waals surface area contributed by atoms with Gasteiger partial charge < -0.3 is 16.8 Å². The van der Waals surface area contributed by atoms with Gasteiger partial charge in [-0.05, 0) is 75.3 Å². The lowest BCUT2D eigenvalue weighted by atomic mass is 9.72. The summed E-state index contributed by atoms with van der Waals surface area (Å²) >= 11 is 0. The van der Waals surface area contributed by atoms with E-state index in [2.05, 4.69) is 35.6 Å². The van der Waals surface area contributed by atoms with Gasteiger partial charge >= 0.3 is 0 Å². The normalized spacial score (nSPS) is 34.1. The van der Waals surface area contributed by atoms with Crippen molar-refractivity contribution in [2.75, 3.05) is 5.32 Å². The van der Waals surface area contributed by atoms with Crippen LogP contribution in [0.3, 0.4) is 0 Å². The Bertz CT molecular complexity index is 409. The van der Waals surface area contributed by atoms with Crippen molar-refractivity contribution in [3.05, 3.63) is 30.3 Å². The Labute approximate surface area is 134 Å². The summed E-state index contributed by atoms with van der Waals surface area (Å²) in [5, 5.41) is 3.87. The second-order valence-corrected chi connectivity index (χ2v) is 7.39. The van der Waals surface area contributed by atoms with Crippen LogP contribution in [-0.4, -0.2) is 18.1 Å². The molecule has 5 N–H and O–H groups in total. The summed E-state index contributed by atoms with van der Waals surface area (Å²) in [7, 11) is 0. The Morgan fingerprint density at radius 3 is 1.64 bits per heavy atom. The van der Waals surface area contributed by atoms with E-state index in [9.17, 15) is 0 Å². The zero-order chi connectivity index (χ0) is 15.4. The highest BCUT2D eigenvalue weighted by Crippen LogP contribution is 2.36. The van der Waals surface area contributed by atoms with Gasteiger partial charge in [0, 0.05) is 23.8 Å². The molecule has 3 rings (SSSR count). The number of anilines is 1. The molecule has 0 bridgehead atoms. The van der Waals surface area contributed by atoms with Gasteiger partial charge in [-0.25, -0.2) is 0 Å². The Kier molecular flexibility index (Phi) is 5.37.